The molecule has 1 aromatic rings. The Morgan fingerprint density at radius 3 is 2.73 bits per heavy atom. The number of β-amino-alcohol motifs (C(OH)–C–C–N with tert-alkyl or cyclic N) is 1. The smallest absolute Gasteiger partial charge is 0.272 e. The predicted molar refractivity (Wildman–Crippen MR) is 79.5 cm³/mol. The lowest BCUT2D eigenvalue weighted by molar-refractivity contribution is 0.0752. The van der Waals surface area contributed by atoms with Crippen LogP contribution in [0.15, 0.2) is 6.33 Å². The van der Waals surface area contributed by atoms with Gasteiger partial charge in [-0.3, -0.25) is 9.59 Å². The molecule has 1 aromatic heterocycles. The Hall–Kier alpha value is -1.89. The molecular formula is C15H22N4O3. The summed E-state index contributed by atoms with van der Waals surface area (Å²) in [4.78, 5) is 33.1. The van der Waals surface area contributed by atoms with Gasteiger partial charge in [-0.15, -0.1) is 0 Å². The number of aromatic nitrogens is 2. The Bertz CT molecular complexity index is 551. The number of aliphatic hydroxyl groups is 1. The number of nitrogens with one attached hydrogen (secondary N) is 2. The van der Waals surface area contributed by atoms with Crippen LogP contribution < -0.4 is 5.32 Å². The van der Waals surface area contributed by atoms with Crippen molar-refractivity contribution in [3.8, 4) is 0 Å². The first-order chi connectivity index (χ1) is 10.6. The fourth-order valence-electron chi connectivity index (χ4n) is 3.21. The Morgan fingerprint density at radius 1 is 1.27 bits per heavy atom. The van der Waals surface area contributed by atoms with Gasteiger partial charge < -0.3 is 20.3 Å². The number of aliphatic hydroxyl groups excluding tert-OH is 1. The molecule has 0 bridgehead atoms. The molecule has 1 saturated heterocycles. The summed E-state index contributed by atoms with van der Waals surface area (Å²) >= 11 is 0. The zero-order valence-electron chi connectivity index (χ0n) is 12.5. The maximum atomic E-state index is 12.4. The first-order valence-corrected chi connectivity index (χ1v) is 7.96. The molecular weight excluding hydrogens is 284 g/mol. The number of hydrogen-bond donors (Lipinski definition) is 3. The van der Waals surface area contributed by atoms with E-state index in [4.69, 9.17) is 0 Å². The number of carbonyl (C=O) groups is 2. The average Bonchev–Trinajstić information content (AvgIpc) is 3.16. The van der Waals surface area contributed by atoms with Crippen molar-refractivity contribution < 1.29 is 14.7 Å². The SMILES string of the molecule is O=C(NC1CCCCC1)c1nc[nH]c1C(=O)N1CC[C@@H](O)C1. The third kappa shape index (κ3) is 3.14. The van der Waals surface area contributed by atoms with Gasteiger partial charge in [0.15, 0.2) is 5.69 Å². The van der Waals surface area contributed by atoms with Gasteiger partial charge in [0.2, 0.25) is 0 Å². The number of carbonyl (C=O) groups excluding carboxylic acids is 2. The van der Waals surface area contributed by atoms with Crippen molar-refractivity contribution in [3.05, 3.63) is 17.7 Å². The number of nitrogens with zero attached hydrogens (tertiary/aromatic N) is 2. The van der Waals surface area contributed by atoms with Gasteiger partial charge >= 0.3 is 0 Å². The van der Waals surface area contributed by atoms with Crippen LogP contribution in [0.2, 0.25) is 0 Å². The second kappa shape index (κ2) is 6.48. The van der Waals surface area contributed by atoms with Gasteiger partial charge in [-0.1, -0.05) is 19.3 Å². The fraction of sp³-hybridized carbons (Fsp3) is 0.667. The summed E-state index contributed by atoms with van der Waals surface area (Å²) in [6, 6.07) is 0.175. The standard InChI is InChI=1S/C15H22N4O3/c20-11-6-7-19(8-11)15(22)13-12(16-9-17-13)14(21)18-10-4-2-1-3-5-10/h9-11,20H,1-8H2,(H,16,17)(H,18,21)/t11-/m1/s1. The summed E-state index contributed by atoms with van der Waals surface area (Å²) in [6.45, 7) is 0.810. The van der Waals surface area contributed by atoms with Crippen LogP contribution in [0.1, 0.15) is 59.5 Å². The fourth-order valence-corrected chi connectivity index (χ4v) is 3.21. The van der Waals surface area contributed by atoms with Crippen molar-refractivity contribution in [2.45, 2.75) is 50.7 Å². The molecule has 2 amide bonds. The first-order valence-electron chi connectivity index (χ1n) is 7.96. The van der Waals surface area contributed by atoms with E-state index >= 15 is 0 Å². The van der Waals surface area contributed by atoms with E-state index in [0.29, 0.717) is 19.5 Å². The van der Waals surface area contributed by atoms with E-state index in [1.807, 2.05) is 0 Å². The van der Waals surface area contributed by atoms with E-state index in [2.05, 4.69) is 15.3 Å². The van der Waals surface area contributed by atoms with Crippen molar-refractivity contribution in [2.75, 3.05) is 13.1 Å². The third-order valence-corrected chi connectivity index (χ3v) is 4.46. The number of amides is 2. The maximum Gasteiger partial charge on any atom is 0.272 e. The minimum absolute atomic E-state index is 0.150. The van der Waals surface area contributed by atoms with Crippen LogP contribution in [0.4, 0.5) is 0 Å². The molecule has 1 aliphatic heterocycles. The van der Waals surface area contributed by atoms with Gasteiger partial charge in [0.1, 0.15) is 5.69 Å². The number of rotatable bonds is 3. The molecule has 0 unspecified atom stereocenters. The van der Waals surface area contributed by atoms with E-state index in [0.717, 1.165) is 25.7 Å². The Labute approximate surface area is 129 Å². The highest BCUT2D eigenvalue weighted by Crippen LogP contribution is 2.19. The van der Waals surface area contributed by atoms with Crippen molar-refractivity contribution in [1.29, 1.82) is 0 Å². The summed E-state index contributed by atoms with van der Waals surface area (Å²) in [5.74, 6) is -0.570. The third-order valence-electron chi connectivity index (χ3n) is 4.46. The van der Waals surface area contributed by atoms with Gasteiger partial charge in [-0.2, -0.15) is 0 Å². The lowest BCUT2D eigenvalue weighted by atomic mass is 9.95. The van der Waals surface area contributed by atoms with Crippen LogP contribution in [0, 0.1) is 0 Å². The zero-order valence-corrected chi connectivity index (χ0v) is 12.5. The monoisotopic (exact) mass is 306 g/mol. The average molecular weight is 306 g/mol. The number of likely N-dealkylation sites (tertiary alicyclic amines) is 1. The van der Waals surface area contributed by atoms with Gasteiger partial charge in [0, 0.05) is 19.1 Å². The molecule has 3 N–H and O–H groups in total. The van der Waals surface area contributed by atoms with E-state index < -0.39 is 6.10 Å². The summed E-state index contributed by atoms with van der Waals surface area (Å²) in [5.41, 5.74) is 0.361. The highest BCUT2D eigenvalue weighted by Gasteiger charge is 2.30. The van der Waals surface area contributed by atoms with E-state index in [1.165, 1.54) is 12.7 Å². The van der Waals surface area contributed by atoms with E-state index in [-0.39, 0.29) is 29.2 Å². The number of imidazole rings is 1. The van der Waals surface area contributed by atoms with Gasteiger partial charge in [-0.05, 0) is 19.3 Å². The normalized spacial score (nSPS) is 22.8. The second-order valence-corrected chi connectivity index (χ2v) is 6.13. The first kappa shape index (κ1) is 15.0. The number of hydrogen-bond acceptors (Lipinski definition) is 4. The van der Waals surface area contributed by atoms with Crippen molar-refractivity contribution in [3.63, 3.8) is 0 Å². The Balaban J connectivity index is 1.68. The lowest BCUT2D eigenvalue weighted by Crippen LogP contribution is -2.38. The summed E-state index contributed by atoms with van der Waals surface area (Å²) in [5, 5.41) is 12.5. The summed E-state index contributed by atoms with van der Waals surface area (Å²) in [7, 11) is 0. The van der Waals surface area contributed by atoms with Crippen LogP contribution in [-0.4, -0.2) is 57.0 Å². The Kier molecular flexibility index (Phi) is 4.42. The van der Waals surface area contributed by atoms with Gasteiger partial charge in [0.05, 0.1) is 12.4 Å². The topological polar surface area (TPSA) is 98.3 Å². The predicted octanol–water partition coefficient (Wildman–Crippen LogP) is 0.679. The van der Waals surface area contributed by atoms with Gasteiger partial charge in [0.25, 0.3) is 11.8 Å². The lowest BCUT2D eigenvalue weighted by Gasteiger charge is -2.22. The van der Waals surface area contributed by atoms with E-state index in [1.54, 1.807) is 4.90 Å². The second-order valence-electron chi connectivity index (χ2n) is 6.13. The highest BCUT2D eigenvalue weighted by atomic mass is 16.3. The van der Waals surface area contributed by atoms with Gasteiger partial charge in [-0.25, -0.2) is 4.98 Å². The van der Waals surface area contributed by atoms with Crippen molar-refractivity contribution in [2.24, 2.45) is 0 Å². The number of aromatic amines is 1. The molecule has 22 heavy (non-hydrogen) atoms. The van der Waals surface area contributed by atoms with Crippen molar-refractivity contribution >= 4 is 11.8 Å². The highest BCUT2D eigenvalue weighted by molar-refractivity contribution is 6.04. The molecule has 0 aromatic carbocycles. The minimum atomic E-state index is -0.480. The number of H-pyrrole nitrogens is 1. The van der Waals surface area contributed by atoms with Crippen LogP contribution >= 0.6 is 0 Å². The van der Waals surface area contributed by atoms with Crippen LogP contribution in [0.3, 0.4) is 0 Å². The molecule has 0 spiro atoms. The molecule has 1 atom stereocenters. The molecule has 7 nitrogen and oxygen atoms in total. The van der Waals surface area contributed by atoms with Crippen LogP contribution in [0.5, 0.6) is 0 Å². The quantitative estimate of drug-likeness (QED) is 0.765. The molecule has 120 valence electrons. The van der Waals surface area contributed by atoms with E-state index in [9.17, 15) is 14.7 Å². The summed E-state index contributed by atoms with van der Waals surface area (Å²) in [6.07, 6.45) is 6.90. The van der Waals surface area contributed by atoms with Crippen LogP contribution in [0.25, 0.3) is 0 Å². The molecule has 2 heterocycles. The molecule has 2 aliphatic rings. The van der Waals surface area contributed by atoms with Crippen molar-refractivity contribution in [1.82, 2.24) is 20.2 Å². The minimum Gasteiger partial charge on any atom is -0.391 e. The molecule has 1 saturated carbocycles. The molecule has 2 fully saturated rings. The maximum absolute atomic E-state index is 12.4. The molecule has 1 aliphatic carbocycles. The largest absolute Gasteiger partial charge is 0.391 e. The Morgan fingerprint density at radius 2 is 2.05 bits per heavy atom. The summed E-state index contributed by atoms with van der Waals surface area (Å²) < 4.78 is 0. The molecule has 7 heteroatoms. The molecule has 0 radical (unpaired) electrons. The van der Waals surface area contributed by atoms with Crippen LogP contribution in [-0.2, 0) is 0 Å². The zero-order chi connectivity index (χ0) is 15.5. The molecule has 3 rings (SSSR count).